The Bertz CT molecular complexity index is 1300. The Hall–Kier alpha value is -3.63. The summed E-state index contributed by atoms with van der Waals surface area (Å²) in [5.74, 6) is -1.34. The Morgan fingerprint density at radius 1 is 1.00 bits per heavy atom. The van der Waals surface area contributed by atoms with Gasteiger partial charge >= 0.3 is 18.6 Å². The van der Waals surface area contributed by atoms with E-state index in [4.69, 9.17) is 37.4 Å². The van der Waals surface area contributed by atoms with E-state index in [0.29, 0.717) is 28.4 Å². The van der Waals surface area contributed by atoms with Crippen molar-refractivity contribution in [3.63, 3.8) is 0 Å². The lowest BCUT2D eigenvalue weighted by atomic mass is 10.0. The molecule has 0 amide bonds. The Morgan fingerprint density at radius 3 is 2.33 bits per heavy atom. The molecule has 0 saturated heterocycles. The van der Waals surface area contributed by atoms with Crippen LogP contribution in [0.4, 0.5) is 8.78 Å². The van der Waals surface area contributed by atoms with Gasteiger partial charge in [0.05, 0.1) is 6.61 Å². The van der Waals surface area contributed by atoms with Crippen LogP contribution in [-0.4, -0.2) is 25.2 Å². The van der Waals surface area contributed by atoms with E-state index in [-0.39, 0.29) is 33.7 Å². The number of hydrogen-bond donors (Lipinski definition) is 0. The van der Waals surface area contributed by atoms with Crippen molar-refractivity contribution < 1.29 is 42.0 Å². The number of carbonyl (C=O) groups excluding carboxylic acids is 2. The van der Waals surface area contributed by atoms with Gasteiger partial charge in [-0.3, -0.25) is 9.59 Å². The lowest BCUT2D eigenvalue weighted by Crippen LogP contribution is -2.26. The number of halogens is 4. The quantitative estimate of drug-likeness (QED) is 0.0871. The van der Waals surface area contributed by atoms with Gasteiger partial charge in [-0.05, 0) is 48.6 Å². The Balaban J connectivity index is 1.59. The number of pyridine rings is 1. The molecule has 0 bridgehead atoms. The molecule has 0 aliphatic heterocycles. The first kappa shape index (κ1) is 28.4. The molecule has 3 aromatic rings. The molecule has 1 atom stereocenters. The molecule has 1 heterocycles. The van der Waals surface area contributed by atoms with Crippen molar-refractivity contribution >= 4 is 35.1 Å². The summed E-state index contributed by atoms with van der Waals surface area (Å²) < 4.78 is 47.5. The average molecular weight is 582 g/mol. The Kier molecular flexibility index (Phi) is 9.42. The minimum atomic E-state index is -3.08. The second-order valence-electron chi connectivity index (χ2n) is 8.78. The number of alkyl halides is 2. The number of para-hydroxylation sites is 1. The van der Waals surface area contributed by atoms with Gasteiger partial charge in [0.1, 0.15) is 28.3 Å². The Morgan fingerprint density at radius 2 is 1.69 bits per heavy atom. The maximum Gasteiger partial charge on any atom is 0.387 e. The van der Waals surface area contributed by atoms with Gasteiger partial charge in [0, 0.05) is 12.0 Å². The van der Waals surface area contributed by atoms with Crippen LogP contribution in [0.3, 0.4) is 0 Å². The third-order valence-electron chi connectivity index (χ3n) is 5.71. The van der Waals surface area contributed by atoms with Gasteiger partial charge in [0.15, 0.2) is 23.9 Å². The number of hydrogen-bond acceptors (Lipinski definition) is 7. The van der Waals surface area contributed by atoms with E-state index in [1.54, 1.807) is 30.3 Å². The third-order valence-corrected chi connectivity index (χ3v) is 6.36. The topological polar surface area (TPSA) is 98.0 Å². The molecule has 1 aliphatic carbocycles. The molecule has 0 radical (unpaired) electrons. The molecule has 0 N–H and O–H groups in total. The second kappa shape index (κ2) is 12.9. The number of benzene rings is 2. The van der Waals surface area contributed by atoms with Crippen molar-refractivity contribution in [2.45, 2.75) is 38.4 Å². The van der Waals surface area contributed by atoms with E-state index in [0.717, 1.165) is 25.2 Å². The summed E-state index contributed by atoms with van der Waals surface area (Å²) in [6.45, 7) is -2.78. The number of rotatable bonds is 12. The molecule has 1 aliphatic rings. The number of nitrogens with zero attached hydrogens (tertiary/aromatic N) is 1. The fourth-order valence-corrected chi connectivity index (χ4v) is 4.23. The second-order valence-corrected chi connectivity index (χ2v) is 9.59. The molecule has 0 spiro atoms. The molecule has 206 valence electrons. The van der Waals surface area contributed by atoms with Crippen molar-refractivity contribution in [2.75, 3.05) is 6.61 Å². The summed E-state index contributed by atoms with van der Waals surface area (Å²) in [7, 11) is 0. The first-order valence-corrected chi connectivity index (χ1v) is 12.7. The SMILES string of the molecule is O=C(CC(=O)O[C@@H](Cc1c(Cl)c[n+]([O-])cc1Cl)c1ccc(OC(F)F)c(OCC2CC2)c1)Oc1ccccc1. The largest absolute Gasteiger partial charge is 0.619 e. The van der Waals surface area contributed by atoms with Gasteiger partial charge in [-0.1, -0.05) is 47.5 Å². The lowest BCUT2D eigenvalue weighted by Gasteiger charge is -2.21. The lowest BCUT2D eigenvalue weighted by molar-refractivity contribution is -0.605. The molecule has 4 rings (SSSR count). The highest BCUT2D eigenvalue weighted by molar-refractivity contribution is 6.35. The van der Waals surface area contributed by atoms with Crippen LogP contribution in [-0.2, 0) is 20.7 Å². The summed E-state index contributed by atoms with van der Waals surface area (Å²) in [6.07, 6.45) is 2.20. The fourth-order valence-electron chi connectivity index (χ4n) is 3.64. The molecular weight excluding hydrogens is 559 g/mol. The highest BCUT2D eigenvalue weighted by atomic mass is 35.5. The van der Waals surface area contributed by atoms with Crippen molar-refractivity contribution in [1.82, 2.24) is 0 Å². The van der Waals surface area contributed by atoms with E-state index in [2.05, 4.69) is 4.74 Å². The van der Waals surface area contributed by atoms with Gasteiger partial charge in [-0.25, -0.2) is 0 Å². The van der Waals surface area contributed by atoms with Crippen molar-refractivity contribution in [2.24, 2.45) is 5.92 Å². The Labute approximate surface area is 232 Å². The zero-order valence-electron chi connectivity index (χ0n) is 20.4. The van der Waals surface area contributed by atoms with Crippen LogP contribution in [0.5, 0.6) is 17.2 Å². The van der Waals surface area contributed by atoms with Crippen LogP contribution in [0.25, 0.3) is 0 Å². The first-order valence-electron chi connectivity index (χ1n) is 11.9. The van der Waals surface area contributed by atoms with E-state index in [9.17, 15) is 23.6 Å². The monoisotopic (exact) mass is 581 g/mol. The van der Waals surface area contributed by atoms with Crippen LogP contribution >= 0.6 is 23.2 Å². The van der Waals surface area contributed by atoms with Crippen LogP contribution in [0.15, 0.2) is 60.9 Å². The first-order chi connectivity index (χ1) is 18.7. The minimum absolute atomic E-state index is 0.0184. The number of ether oxygens (including phenoxy) is 4. The van der Waals surface area contributed by atoms with E-state index < -0.39 is 31.1 Å². The summed E-state index contributed by atoms with van der Waals surface area (Å²) in [5, 5.41) is 11.7. The molecule has 8 nitrogen and oxygen atoms in total. The van der Waals surface area contributed by atoms with Gasteiger partial charge in [-0.15, -0.1) is 0 Å². The van der Waals surface area contributed by atoms with E-state index in [1.807, 2.05) is 0 Å². The van der Waals surface area contributed by atoms with E-state index >= 15 is 0 Å². The van der Waals surface area contributed by atoms with Crippen molar-refractivity contribution in [1.29, 1.82) is 0 Å². The van der Waals surface area contributed by atoms with Crippen LogP contribution in [0, 0.1) is 11.1 Å². The zero-order chi connectivity index (χ0) is 27.9. The molecule has 1 aromatic heterocycles. The molecule has 1 saturated carbocycles. The summed E-state index contributed by atoms with van der Waals surface area (Å²) in [6, 6.07) is 12.3. The molecule has 1 fully saturated rings. The van der Waals surface area contributed by atoms with Crippen molar-refractivity contribution in [3.05, 3.63) is 87.3 Å². The van der Waals surface area contributed by atoms with Crippen LogP contribution in [0.2, 0.25) is 10.0 Å². The molecule has 12 heteroatoms. The zero-order valence-corrected chi connectivity index (χ0v) is 21.9. The highest BCUT2D eigenvalue weighted by Crippen LogP contribution is 2.38. The van der Waals surface area contributed by atoms with Crippen LogP contribution < -0.4 is 18.9 Å². The standard InChI is InChI=1S/C27H23Cl2F2NO7/c28-20-13-32(35)14-21(29)19(20)11-23(38-26(34)12-25(33)37-18-4-2-1-3-5-18)17-8-9-22(39-27(30)31)24(10-17)36-15-16-6-7-16/h1-5,8-10,13-14,16,23,27H,6-7,11-12,15H2/t23-/m0/s1. The number of carbonyl (C=O) groups is 2. The number of esters is 2. The maximum atomic E-state index is 13.0. The van der Waals surface area contributed by atoms with Crippen LogP contribution in [0.1, 0.15) is 36.5 Å². The summed E-state index contributed by atoms with van der Waals surface area (Å²) >= 11 is 12.5. The average Bonchev–Trinajstić information content (AvgIpc) is 3.69. The minimum Gasteiger partial charge on any atom is -0.619 e. The fraction of sp³-hybridized carbons (Fsp3) is 0.296. The predicted molar refractivity (Wildman–Crippen MR) is 136 cm³/mol. The van der Waals surface area contributed by atoms with Gasteiger partial charge < -0.3 is 24.2 Å². The molecule has 39 heavy (non-hydrogen) atoms. The summed E-state index contributed by atoms with van der Waals surface area (Å²) in [5.41, 5.74) is 0.627. The van der Waals surface area contributed by atoms with Gasteiger partial charge in [0.25, 0.3) is 0 Å². The van der Waals surface area contributed by atoms with Gasteiger partial charge in [-0.2, -0.15) is 13.5 Å². The maximum absolute atomic E-state index is 13.0. The third kappa shape index (κ3) is 8.43. The van der Waals surface area contributed by atoms with E-state index in [1.165, 1.54) is 18.2 Å². The number of aromatic nitrogens is 1. The smallest absolute Gasteiger partial charge is 0.387 e. The van der Waals surface area contributed by atoms with Gasteiger partial charge in [0.2, 0.25) is 0 Å². The molecular formula is C27H23Cl2F2NO7. The van der Waals surface area contributed by atoms with Crippen molar-refractivity contribution in [3.8, 4) is 17.2 Å². The molecule has 0 unspecified atom stereocenters. The highest BCUT2D eigenvalue weighted by Gasteiger charge is 2.27. The summed E-state index contributed by atoms with van der Waals surface area (Å²) in [4.78, 5) is 25.1. The normalized spacial score (nSPS) is 13.6. The molecule has 2 aromatic carbocycles. The predicted octanol–water partition coefficient (Wildman–Crippen LogP) is 5.84.